The van der Waals surface area contributed by atoms with Crippen LogP contribution >= 0.6 is 0 Å². The van der Waals surface area contributed by atoms with Crippen molar-refractivity contribution in [2.45, 2.75) is 36.7 Å². The molecule has 0 bridgehead atoms. The molecule has 1 atom stereocenters. The van der Waals surface area contributed by atoms with Gasteiger partial charge in [-0.15, -0.1) is 0 Å². The molecule has 1 heterocycles. The second-order valence-corrected chi connectivity index (χ2v) is 6.80. The van der Waals surface area contributed by atoms with Gasteiger partial charge in [-0.3, -0.25) is 0 Å². The lowest BCUT2D eigenvalue weighted by Gasteiger charge is -2.33. The molecular weight excluding hydrogens is 236 g/mol. The van der Waals surface area contributed by atoms with Crippen LogP contribution in [0.3, 0.4) is 0 Å². The Morgan fingerprint density at radius 3 is 2.35 bits per heavy atom. The molecule has 1 aromatic carbocycles. The van der Waals surface area contributed by atoms with Gasteiger partial charge in [0, 0.05) is 18.1 Å². The molecule has 5 heteroatoms. The predicted molar refractivity (Wildman–Crippen MR) is 67.0 cm³/mol. The van der Waals surface area contributed by atoms with Gasteiger partial charge in [-0.25, -0.2) is 8.42 Å². The molecule has 4 nitrogen and oxygen atoms in total. The van der Waals surface area contributed by atoms with Crippen LogP contribution in [-0.4, -0.2) is 30.8 Å². The smallest absolute Gasteiger partial charge is 0.243 e. The van der Waals surface area contributed by atoms with Crippen molar-refractivity contribution in [1.29, 1.82) is 0 Å². The van der Waals surface area contributed by atoms with Crippen molar-refractivity contribution in [3.8, 4) is 0 Å². The second kappa shape index (κ2) is 4.08. The van der Waals surface area contributed by atoms with Gasteiger partial charge < -0.3 is 5.73 Å². The van der Waals surface area contributed by atoms with Crippen molar-refractivity contribution in [2.75, 3.05) is 6.54 Å². The van der Waals surface area contributed by atoms with Gasteiger partial charge in [-0.2, -0.15) is 4.31 Å². The van der Waals surface area contributed by atoms with Crippen LogP contribution in [0.5, 0.6) is 0 Å². The van der Waals surface area contributed by atoms with Crippen molar-refractivity contribution in [3.05, 3.63) is 30.3 Å². The number of nitrogens with zero attached hydrogens (tertiary/aromatic N) is 1. The zero-order valence-electron chi connectivity index (χ0n) is 10.1. The molecule has 1 aliphatic rings. The molecule has 1 saturated heterocycles. The van der Waals surface area contributed by atoms with Gasteiger partial charge in [0.2, 0.25) is 10.0 Å². The van der Waals surface area contributed by atoms with Crippen molar-refractivity contribution in [1.82, 2.24) is 4.31 Å². The molecule has 1 aromatic rings. The average Bonchev–Trinajstić information content (AvgIpc) is 2.55. The minimum Gasteiger partial charge on any atom is -0.326 e. The molecule has 0 aliphatic carbocycles. The number of sulfonamides is 1. The summed E-state index contributed by atoms with van der Waals surface area (Å²) in [5, 5.41) is 0. The Morgan fingerprint density at radius 2 is 1.88 bits per heavy atom. The lowest BCUT2D eigenvalue weighted by molar-refractivity contribution is 0.270. The van der Waals surface area contributed by atoms with E-state index in [1.54, 1.807) is 30.3 Å². The summed E-state index contributed by atoms with van der Waals surface area (Å²) in [6.45, 7) is 4.25. The number of benzene rings is 1. The van der Waals surface area contributed by atoms with Crippen LogP contribution in [0.2, 0.25) is 0 Å². The van der Waals surface area contributed by atoms with E-state index in [1.165, 1.54) is 4.31 Å². The summed E-state index contributed by atoms with van der Waals surface area (Å²) in [7, 11) is -3.43. The summed E-state index contributed by atoms with van der Waals surface area (Å²) in [5.41, 5.74) is 5.45. The monoisotopic (exact) mass is 254 g/mol. The molecule has 1 aliphatic heterocycles. The molecular formula is C12H18N2O2S. The van der Waals surface area contributed by atoms with Crippen molar-refractivity contribution < 1.29 is 8.42 Å². The highest BCUT2D eigenvalue weighted by Gasteiger charge is 2.45. The highest BCUT2D eigenvalue weighted by molar-refractivity contribution is 7.89. The Balaban J connectivity index is 2.42. The van der Waals surface area contributed by atoms with E-state index in [1.807, 2.05) is 13.8 Å². The largest absolute Gasteiger partial charge is 0.326 e. The molecule has 0 amide bonds. The van der Waals surface area contributed by atoms with Crippen LogP contribution in [0, 0.1) is 0 Å². The Morgan fingerprint density at radius 1 is 1.29 bits per heavy atom. The van der Waals surface area contributed by atoms with E-state index in [-0.39, 0.29) is 6.04 Å². The second-order valence-electron chi connectivity index (χ2n) is 4.94. The van der Waals surface area contributed by atoms with Crippen LogP contribution in [0.4, 0.5) is 0 Å². The van der Waals surface area contributed by atoms with Crippen molar-refractivity contribution >= 4 is 10.0 Å². The normalized spacial score (nSPS) is 25.0. The zero-order valence-corrected chi connectivity index (χ0v) is 10.9. The molecule has 2 rings (SSSR count). The van der Waals surface area contributed by atoms with Crippen LogP contribution in [0.25, 0.3) is 0 Å². The molecule has 2 N–H and O–H groups in total. The van der Waals surface area contributed by atoms with E-state index in [2.05, 4.69) is 0 Å². The van der Waals surface area contributed by atoms with E-state index in [0.29, 0.717) is 17.9 Å². The minimum atomic E-state index is -3.43. The van der Waals surface area contributed by atoms with E-state index < -0.39 is 15.6 Å². The standard InChI is InChI=1S/C12H18N2O2S/c1-12(2)11(13)8-9-14(12)17(15,16)10-6-4-3-5-7-10/h3-7,11H,8-9,13H2,1-2H3. The van der Waals surface area contributed by atoms with E-state index >= 15 is 0 Å². The van der Waals surface area contributed by atoms with Gasteiger partial charge in [0.05, 0.1) is 4.90 Å². The maximum atomic E-state index is 12.5. The lowest BCUT2D eigenvalue weighted by atomic mass is 9.98. The average molecular weight is 254 g/mol. The van der Waals surface area contributed by atoms with Crippen molar-refractivity contribution in [3.63, 3.8) is 0 Å². The van der Waals surface area contributed by atoms with Gasteiger partial charge in [-0.05, 0) is 32.4 Å². The quantitative estimate of drug-likeness (QED) is 0.862. The third kappa shape index (κ3) is 1.99. The fourth-order valence-corrected chi connectivity index (χ4v) is 4.09. The predicted octanol–water partition coefficient (Wildman–Crippen LogP) is 1.19. The minimum absolute atomic E-state index is 0.110. The van der Waals surface area contributed by atoms with Crippen molar-refractivity contribution in [2.24, 2.45) is 5.73 Å². The van der Waals surface area contributed by atoms with E-state index in [4.69, 9.17) is 5.73 Å². The Bertz CT molecular complexity index is 496. The van der Waals surface area contributed by atoms with E-state index in [9.17, 15) is 8.42 Å². The topological polar surface area (TPSA) is 63.4 Å². The summed E-state index contributed by atoms with van der Waals surface area (Å²) in [6, 6.07) is 8.40. The summed E-state index contributed by atoms with van der Waals surface area (Å²) >= 11 is 0. The van der Waals surface area contributed by atoms with Gasteiger partial charge in [-0.1, -0.05) is 18.2 Å². The molecule has 0 saturated carbocycles. The molecule has 0 spiro atoms. The number of rotatable bonds is 2. The highest BCUT2D eigenvalue weighted by Crippen LogP contribution is 2.33. The first-order chi connectivity index (χ1) is 7.87. The summed E-state index contributed by atoms with van der Waals surface area (Å²) in [5.74, 6) is 0. The summed E-state index contributed by atoms with van der Waals surface area (Å²) < 4.78 is 26.4. The van der Waals surface area contributed by atoms with Gasteiger partial charge in [0.15, 0.2) is 0 Å². The fourth-order valence-electron chi connectivity index (χ4n) is 2.23. The molecule has 1 unspecified atom stereocenters. The molecule has 0 aromatic heterocycles. The maximum Gasteiger partial charge on any atom is 0.243 e. The molecule has 1 fully saturated rings. The molecule has 94 valence electrons. The van der Waals surface area contributed by atoms with Crippen LogP contribution < -0.4 is 5.73 Å². The zero-order chi connectivity index (χ0) is 12.7. The Hall–Kier alpha value is -0.910. The van der Waals surface area contributed by atoms with Gasteiger partial charge >= 0.3 is 0 Å². The van der Waals surface area contributed by atoms with Crippen LogP contribution in [-0.2, 0) is 10.0 Å². The number of hydrogen-bond acceptors (Lipinski definition) is 3. The first-order valence-corrected chi connectivity index (χ1v) is 7.14. The molecule has 17 heavy (non-hydrogen) atoms. The third-order valence-corrected chi connectivity index (χ3v) is 5.63. The fraction of sp³-hybridized carbons (Fsp3) is 0.500. The number of hydrogen-bond donors (Lipinski definition) is 1. The van der Waals surface area contributed by atoms with E-state index in [0.717, 1.165) is 0 Å². The first kappa shape index (κ1) is 12.5. The first-order valence-electron chi connectivity index (χ1n) is 5.70. The van der Waals surface area contributed by atoms with Crippen LogP contribution in [0.15, 0.2) is 35.2 Å². The summed E-state index contributed by atoms with van der Waals surface area (Å²) in [6.07, 6.45) is 0.707. The molecule has 0 radical (unpaired) electrons. The summed E-state index contributed by atoms with van der Waals surface area (Å²) in [4.78, 5) is 0.335. The van der Waals surface area contributed by atoms with Crippen LogP contribution in [0.1, 0.15) is 20.3 Å². The van der Waals surface area contributed by atoms with Gasteiger partial charge in [0.25, 0.3) is 0 Å². The number of nitrogens with two attached hydrogens (primary N) is 1. The maximum absolute atomic E-state index is 12.5. The lowest BCUT2D eigenvalue weighted by Crippen LogP contribution is -2.50. The highest BCUT2D eigenvalue weighted by atomic mass is 32.2. The Labute approximate surface area is 102 Å². The third-order valence-electron chi connectivity index (χ3n) is 3.52. The van der Waals surface area contributed by atoms with Gasteiger partial charge in [0.1, 0.15) is 0 Å². The Kier molecular flexibility index (Phi) is 3.01. The SMILES string of the molecule is CC1(C)C(N)CCN1S(=O)(=O)c1ccccc1.